The Morgan fingerprint density at radius 3 is 2.50 bits per heavy atom. The lowest BCUT2D eigenvalue weighted by atomic mass is 10.0. The fraction of sp³-hybridized carbons (Fsp3) is 0.524. The summed E-state index contributed by atoms with van der Waals surface area (Å²) in [6.07, 6.45) is 0.669. The molecule has 0 saturated heterocycles. The van der Waals surface area contributed by atoms with E-state index in [1.807, 2.05) is 13.8 Å². The first kappa shape index (κ1) is 23.8. The maximum atomic E-state index is 15.1. The van der Waals surface area contributed by atoms with E-state index in [0.29, 0.717) is 13.1 Å². The fourth-order valence-electron chi connectivity index (χ4n) is 3.73. The van der Waals surface area contributed by atoms with E-state index in [1.165, 1.54) is 4.68 Å². The molecule has 1 aliphatic rings. The third kappa shape index (κ3) is 4.64. The first-order chi connectivity index (χ1) is 15.1. The van der Waals surface area contributed by atoms with E-state index >= 15 is 4.39 Å². The SMILES string of the molecule is CCOC(=O)C(CC(C)C)Oc1cc(F)c(-c2c(Cl)n3n(c2=O)CCCC3)cc1[N+](=O)[O-]. The summed E-state index contributed by atoms with van der Waals surface area (Å²) in [5, 5.41) is 11.8. The minimum atomic E-state index is -1.14. The third-order valence-corrected chi connectivity index (χ3v) is 5.57. The summed E-state index contributed by atoms with van der Waals surface area (Å²) >= 11 is 6.36. The normalized spacial score (nSPS) is 14.2. The van der Waals surface area contributed by atoms with Crippen LogP contribution in [0.25, 0.3) is 11.1 Å². The Kier molecular flexibility index (Phi) is 7.22. The van der Waals surface area contributed by atoms with Crippen LogP contribution in [0.3, 0.4) is 0 Å². The van der Waals surface area contributed by atoms with Crippen molar-refractivity contribution in [3.63, 3.8) is 0 Å². The van der Waals surface area contributed by atoms with E-state index < -0.39 is 39.8 Å². The number of carbonyl (C=O) groups excluding carboxylic acids is 1. The molecular formula is C21H25ClFN3O6. The van der Waals surface area contributed by atoms with Crippen molar-refractivity contribution >= 4 is 23.3 Å². The van der Waals surface area contributed by atoms with Gasteiger partial charge in [0.15, 0.2) is 6.10 Å². The summed E-state index contributed by atoms with van der Waals surface area (Å²) in [6.45, 7) is 6.35. The average Bonchev–Trinajstić information content (AvgIpc) is 2.98. The minimum Gasteiger partial charge on any atom is -0.471 e. The summed E-state index contributed by atoms with van der Waals surface area (Å²) in [5.74, 6) is -2.02. The smallest absolute Gasteiger partial charge is 0.347 e. The maximum absolute atomic E-state index is 15.1. The van der Waals surface area contributed by atoms with E-state index in [2.05, 4.69) is 0 Å². The van der Waals surface area contributed by atoms with Gasteiger partial charge in [0.05, 0.1) is 17.1 Å². The third-order valence-electron chi connectivity index (χ3n) is 5.18. The van der Waals surface area contributed by atoms with Gasteiger partial charge >= 0.3 is 11.7 Å². The van der Waals surface area contributed by atoms with E-state index in [9.17, 15) is 19.7 Å². The molecule has 0 fully saturated rings. The topological polar surface area (TPSA) is 106 Å². The van der Waals surface area contributed by atoms with Crippen molar-refractivity contribution in [2.75, 3.05) is 6.61 Å². The molecular weight excluding hydrogens is 445 g/mol. The Bertz CT molecular complexity index is 1090. The standard InChI is InChI=1S/C21H25ClFN3O6/c1-4-31-21(28)17(9-12(2)3)32-16-11-14(23)13(10-15(16)26(29)30)18-19(22)24-7-5-6-8-25(24)20(18)27/h10-12,17H,4-9H2,1-3H3. The van der Waals surface area contributed by atoms with Crippen LogP contribution in [0.2, 0.25) is 5.15 Å². The lowest BCUT2D eigenvalue weighted by molar-refractivity contribution is -0.386. The van der Waals surface area contributed by atoms with Crippen LogP contribution >= 0.6 is 11.6 Å². The lowest BCUT2D eigenvalue weighted by Gasteiger charge is -2.19. The minimum absolute atomic E-state index is 0.0131. The zero-order valence-corrected chi connectivity index (χ0v) is 18.9. The molecule has 1 aliphatic heterocycles. The number of nitrogens with zero attached hydrogens (tertiary/aromatic N) is 3. The van der Waals surface area contributed by atoms with E-state index in [0.717, 1.165) is 25.0 Å². The Morgan fingerprint density at radius 1 is 1.28 bits per heavy atom. The van der Waals surface area contributed by atoms with Crippen LogP contribution < -0.4 is 10.3 Å². The van der Waals surface area contributed by atoms with Gasteiger partial charge in [0, 0.05) is 30.8 Å². The molecule has 9 nitrogen and oxygen atoms in total. The molecule has 0 radical (unpaired) electrons. The summed E-state index contributed by atoms with van der Waals surface area (Å²) < 4.78 is 28.7. The molecule has 0 aliphatic carbocycles. The van der Waals surface area contributed by atoms with Crippen LogP contribution in [0.15, 0.2) is 16.9 Å². The molecule has 1 atom stereocenters. The largest absolute Gasteiger partial charge is 0.471 e. The van der Waals surface area contributed by atoms with Crippen LogP contribution in [-0.2, 0) is 22.6 Å². The van der Waals surface area contributed by atoms with Gasteiger partial charge in [-0.2, -0.15) is 0 Å². The van der Waals surface area contributed by atoms with Crippen molar-refractivity contribution in [2.24, 2.45) is 5.92 Å². The number of carbonyl (C=O) groups is 1. The molecule has 174 valence electrons. The van der Waals surface area contributed by atoms with Crippen molar-refractivity contribution in [1.29, 1.82) is 0 Å². The highest BCUT2D eigenvalue weighted by Gasteiger charge is 2.31. The molecule has 32 heavy (non-hydrogen) atoms. The second-order valence-corrected chi connectivity index (χ2v) is 8.33. The van der Waals surface area contributed by atoms with Gasteiger partial charge in [-0.05, 0) is 32.1 Å². The average molecular weight is 470 g/mol. The molecule has 0 bridgehead atoms. The number of rotatable bonds is 8. The molecule has 1 unspecified atom stereocenters. The summed E-state index contributed by atoms with van der Waals surface area (Å²) in [4.78, 5) is 36.1. The molecule has 1 aromatic heterocycles. The number of fused-ring (bicyclic) bond motifs is 1. The highest BCUT2D eigenvalue weighted by molar-refractivity contribution is 6.32. The molecule has 2 aromatic rings. The van der Waals surface area contributed by atoms with Gasteiger partial charge in [0.2, 0.25) is 5.75 Å². The summed E-state index contributed by atoms with van der Waals surface area (Å²) in [6, 6.07) is 1.74. The second-order valence-electron chi connectivity index (χ2n) is 7.97. The van der Waals surface area contributed by atoms with Crippen LogP contribution in [0, 0.1) is 21.8 Å². The Balaban J connectivity index is 2.08. The van der Waals surface area contributed by atoms with Gasteiger partial charge in [-0.1, -0.05) is 25.4 Å². The van der Waals surface area contributed by atoms with Gasteiger partial charge in [-0.25, -0.2) is 13.9 Å². The number of esters is 1. The molecule has 0 spiro atoms. The second kappa shape index (κ2) is 9.72. The summed E-state index contributed by atoms with van der Waals surface area (Å²) in [7, 11) is 0. The molecule has 11 heteroatoms. The number of ether oxygens (including phenoxy) is 2. The van der Waals surface area contributed by atoms with Gasteiger partial charge < -0.3 is 9.47 Å². The molecule has 0 N–H and O–H groups in total. The number of nitro benzene ring substituents is 1. The zero-order chi connectivity index (χ0) is 23.6. The quantitative estimate of drug-likeness (QED) is 0.326. The number of halogens is 2. The molecule has 3 rings (SSSR count). The van der Waals surface area contributed by atoms with E-state index in [1.54, 1.807) is 11.6 Å². The van der Waals surface area contributed by atoms with Gasteiger partial charge in [-0.3, -0.25) is 19.6 Å². The Labute approximate surface area is 188 Å². The van der Waals surface area contributed by atoms with Crippen LogP contribution in [0.5, 0.6) is 5.75 Å². The van der Waals surface area contributed by atoms with E-state index in [4.69, 9.17) is 21.1 Å². The van der Waals surface area contributed by atoms with Crippen molar-refractivity contribution < 1.29 is 23.6 Å². The molecule has 2 heterocycles. The first-order valence-electron chi connectivity index (χ1n) is 10.5. The highest BCUT2D eigenvalue weighted by atomic mass is 35.5. The summed E-state index contributed by atoms with van der Waals surface area (Å²) in [5.41, 5.74) is -1.51. The van der Waals surface area contributed by atoms with Gasteiger partial charge in [0.25, 0.3) is 5.56 Å². The fourth-order valence-corrected chi connectivity index (χ4v) is 4.09. The number of nitro groups is 1. The monoisotopic (exact) mass is 469 g/mol. The van der Waals surface area contributed by atoms with Crippen molar-refractivity contribution in [3.05, 3.63) is 43.6 Å². The van der Waals surface area contributed by atoms with Crippen LogP contribution in [0.1, 0.15) is 40.0 Å². The van der Waals surface area contributed by atoms with Gasteiger partial charge in [0.1, 0.15) is 11.0 Å². The number of benzene rings is 1. The number of aromatic nitrogens is 2. The number of hydrogen-bond acceptors (Lipinski definition) is 6. The van der Waals surface area contributed by atoms with Crippen molar-refractivity contribution in [1.82, 2.24) is 9.36 Å². The Hall–Kier alpha value is -2.88. The van der Waals surface area contributed by atoms with Crippen LogP contribution in [0.4, 0.5) is 10.1 Å². The Morgan fingerprint density at radius 2 is 1.94 bits per heavy atom. The molecule has 0 amide bonds. The van der Waals surface area contributed by atoms with Gasteiger partial charge in [-0.15, -0.1) is 0 Å². The van der Waals surface area contributed by atoms with Crippen LogP contribution in [-0.4, -0.2) is 33.0 Å². The highest BCUT2D eigenvalue weighted by Crippen LogP contribution is 2.37. The van der Waals surface area contributed by atoms with Crippen molar-refractivity contribution in [3.8, 4) is 16.9 Å². The predicted octanol–water partition coefficient (Wildman–Crippen LogP) is 4.17. The molecule has 0 saturated carbocycles. The van der Waals surface area contributed by atoms with Crippen molar-refractivity contribution in [2.45, 2.75) is 59.2 Å². The predicted molar refractivity (Wildman–Crippen MR) is 115 cm³/mol. The number of hydrogen-bond donors (Lipinski definition) is 0. The molecule has 1 aromatic carbocycles. The first-order valence-corrected chi connectivity index (χ1v) is 10.8. The zero-order valence-electron chi connectivity index (χ0n) is 18.1. The van der Waals surface area contributed by atoms with E-state index in [-0.39, 0.29) is 35.2 Å². The lowest BCUT2D eigenvalue weighted by Crippen LogP contribution is -2.31. The maximum Gasteiger partial charge on any atom is 0.347 e.